The van der Waals surface area contributed by atoms with Crippen molar-refractivity contribution in [1.82, 2.24) is 10.2 Å². The predicted octanol–water partition coefficient (Wildman–Crippen LogP) is 5.50. The van der Waals surface area contributed by atoms with E-state index in [0.717, 1.165) is 33.1 Å². The quantitative estimate of drug-likeness (QED) is 0.219. The molecule has 0 aromatic heterocycles. The minimum atomic E-state index is -4.24. The second kappa shape index (κ2) is 14.6. The van der Waals surface area contributed by atoms with Gasteiger partial charge in [-0.2, -0.15) is 0 Å². The lowest BCUT2D eigenvalue weighted by Crippen LogP contribution is -2.53. The van der Waals surface area contributed by atoms with Gasteiger partial charge in [0, 0.05) is 19.5 Å². The van der Waals surface area contributed by atoms with E-state index in [1.165, 1.54) is 29.2 Å². The van der Waals surface area contributed by atoms with Gasteiger partial charge in [0.2, 0.25) is 11.8 Å². The van der Waals surface area contributed by atoms with Crippen LogP contribution in [-0.4, -0.2) is 44.3 Å². The molecule has 43 heavy (non-hydrogen) atoms. The molecule has 224 valence electrons. The molecule has 0 bridgehead atoms. The molecule has 4 aromatic rings. The maximum absolute atomic E-state index is 14.3. The van der Waals surface area contributed by atoms with E-state index in [-0.39, 0.29) is 29.5 Å². The molecule has 7 nitrogen and oxygen atoms in total. The normalized spacial score (nSPS) is 11.9. The highest BCUT2D eigenvalue weighted by Gasteiger charge is 2.34. The molecule has 0 spiro atoms. The molecule has 1 unspecified atom stereocenters. The van der Waals surface area contributed by atoms with E-state index in [1.807, 2.05) is 74.5 Å². The van der Waals surface area contributed by atoms with Crippen molar-refractivity contribution < 1.29 is 22.4 Å². The van der Waals surface area contributed by atoms with Crippen molar-refractivity contribution in [3.63, 3.8) is 0 Å². The summed E-state index contributed by atoms with van der Waals surface area (Å²) >= 11 is 0. The first-order chi connectivity index (χ1) is 20.7. The van der Waals surface area contributed by atoms with Crippen molar-refractivity contribution >= 4 is 27.5 Å². The zero-order valence-electron chi connectivity index (χ0n) is 24.3. The third-order valence-electron chi connectivity index (χ3n) is 7.02. The van der Waals surface area contributed by atoms with E-state index in [4.69, 9.17) is 0 Å². The van der Waals surface area contributed by atoms with E-state index >= 15 is 0 Å². The number of benzene rings is 4. The standard InChI is InChI=1S/C34H36FN3O4S/c1-3-22-36-34(40)32(23-27-10-6-4-7-11-27)37(24-28-12-8-5-9-13-28)33(39)25-38(30-18-16-29(35)17-19-30)43(41,42)31-20-14-26(2)15-21-31/h4-21,32H,3,22-25H2,1-2H3,(H,36,40). The first-order valence-corrected chi connectivity index (χ1v) is 15.6. The smallest absolute Gasteiger partial charge is 0.264 e. The summed E-state index contributed by atoms with van der Waals surface area (Å²) < 4.78 is 42.8. The number of aryl methyl sites for hydroxylation is 1. The van der Waals surface area contributed by atoms with Gasteiger partial charge in [0.25, 0.3) is 10.0 Å². The number of hydrogen-bond acceptors (Lipinski definition) is 4. The number of nitrogens with one attached hydrogen (secondary N) is 1. The van der Waals surface area contributed by atoms with Crippen LogP contribution in [-0.2, 0) is 32.6 Å². The summed E-state index contributed by atoms with van der Waals surface area (Å²) in [7, 11) is -4.24. The summed E-state index contributed by atoms with van der Waals surface area (Å²) in [5, 5.41) is 2.92. The fraction of sp³-hybridized carbons (Fsp3) is 0.235. The van der Waals surface area contributed by atoms with Crippen molar-refractivity contribution in [3.05, 3.63) is 132 Å². The van der Waals surface area contributed by atoms with E-state index < -0.39 is 34.3 Å². The molecule has 0 radical (unpaired) electrons. The first kappa shape index (κ1) is 31.4. The Morgan fingerprint density at radius 2 is 1.40 bits per heavy atom. The average Bonchev–Trinajstić information content (AvgIpc) is 3.02. The van der Waals surface area contributed by atoms with Gasteiger partial charge >= 0.3 is 0 Å². The molecule has 0 aliphatic heterocycles. The van der Waals surface area contributed by atoms with Crippen LogP contribution in [0.5, 0.6) is 0 Å². The highest BCUT2D eigenvalue weighted by atomic mass is 32.2. The Balaban J connectivity index is 1.77. The van der Waals surface area contributed by atoms with E-state index in [2.05, 4.69) is 5.32 Å². The number of hydrogen-bond donors (Lipinski definition) is 1. The van der Waals surface area contributed by atoms with Crippen LogP contribution in [0, 0.1) is 12.7 Å². The fourth-order valence-corrected chi connectivity index (χ4v) is 6.09. The van der Waals surface area contributed by atoms with Crippen molar-refractivity contribution in [2.45, 2.75) is 44.2 Å². The Labute approximate surface area is 253 Å². The largest absolute Gasteiger partial charge is 0.354 e. The molecule has 0 aliphatic carbocycles. The predicted molar refractivity (Wildman–Crippen MR) is 166 cm³/mol. The highest BCUT2D eigenvalue weighted by Crippen LogP contribution is 2.25. The van der Waals surface area contributed by atoms with Crippen molar-refractivity contribution in [3.8, 4) is 0 Å². The summed E-state index contributed by atoms with van der Waals surface area (Å²) in [5.41, 5.74) is 2.64. The van der Waals surface area contributed by atoms with Crippen LogP contribution in [0.25, 0.3) is 0 Å². The second-order valence-electron chi connectivity index (χ2n) is 10.3. The van der Waals surface area contributed by atoms with Crippen LogP contribution in [0.4, 0.5) is 10.1 Å². The van der Waals surface area contributed by atoms with E-state index in [0.29, 0.717) is 13.0 Å². The number of halogens is 1. The van der Waals surface area contributed by atoms with Gasteiger partial charge in [0.1, 0.15) is 18.4 Å². The molecular weight excluding hydrogens is 565 g/mol. The Kier molecular flexibility index (Phi) is 10.7. The van der Waals surface area contributed by atoms with Crippen LogP contribution < -0.4 is 9.62 Å². The molecule has 0 saturated carbocycles. The average molecular weight is 602 g/mol. The molecule has 1 N–H and O–H groups in total. The van der Waals surface area contributed by atoms with Crippen molar-refractivity contribution in [2.75, 3.05) is 17.4 Å². The van der Waals surface area contributed by atoms with Crippen molar-refractivity contribution in [1.29, 1.82) is 0 Å². The molecule has 4 aromatic carbocycles. The highest BCUT2D eigenvalue weighted by molar-refractivity contribution is 7.92. The molecule has 0 saturated heterocycles. The third-order valence-corrected chi connectivity index (χ3v) is 8.81. The molecule has 0 fully saturated rings. The van der Waals surface area contributed by atoms with Crippen LogP contribution in [0.1, 0.15) is 30.0 Å². The summed E-state index contributed by atoms with van der Waals surface area (Å²) in [4.78, 5) is 29.3. The Morgan fingerprint density at radius 3 is 1.98 bits per heavy atom. The van der Waals surface area contributed by atoms with Gasteiger partial charge in [-0.25, -0.2) is 12.8 Å². The maximum atomic E-state index is 14.3. The van der Waals surface area contributed by atoms with Crippen molar-refractivity contribution in [2.24, 2.45) is 0 Å². The lowest BCUT2D eigenvalue weighted by molar-refractivity contribution is -0.140. The molecule has 9 heteroatoms. The zero-order chi connectivity index (χ0) is 30.8. The van der Waals surface area contributed by atoms with Crippen LogP contribution in [0.2, 0.25) is 0 Å². The van der Waals surface area contributed by atoms with Gasteiger partial charge in [-0.15, -0.1) is 0 Å². The number of nitrogens with zero attached hydrogens (tertiary/aromatic N) is 2. The van der Waals surface area contributed by atoms with Crippen LogP contribution in [0.3, 0.4) is 0 Å². The van der Waals surface area contributed by atoms with E-state index in [1.54, 1.807) is 12.1 Å². The van der Waals surface area contributed by atoms with Crippen LogP contribution >= 0.6 is 0 Å². The molecule has 0 heterocycles. The molecule has 0 aliphatic rings. The Hall–Kier alpha value is -4.50. The summed E-state index contributed by atoms with van der Waals surface area (Å²) in [5.74, 6) is -1.44. The lowest BCUT2D eigenvalue weighted by atomic mass is 10.0. The monoisotopic (exact) mass is 601 g/mol. The minimum Gasteiger partial charge on any atom is -0.354 e. The molecule has 2 amide bonds. The SMILES string of the molecule is CCCNC(=O)C(Cc1ccccc1)N(Cc1ccccc1)C(=O)CN(c1ccc(F)cc1)S(=O)(=O)c1ccc(C)cc1. The van der Waals surface area contributed by atoms with Gasteiger partial charge in [-0.3, -0.25) is 13.9 Å². The summed E-state index contributed by atoms with van der Waals surface area (Å²) in [6, 6.07) is 28.9. The Bertz CT molecular complexity index is 1600. The van der Waals surface area contributed by atoms with Gasteiger partial charge in [0.15, 0.2) is 0 Å². The number of carbonyl (C=O) groups is 2. The summed E-state index contributed by atoms with van der Waals surface area (Å²) in [6.07, 6.45) is 0.944. The number of rotatable bonds is 13. The molecule has 1 atom stereocenters. The zero-order valence-corrected chi connectivity index (χ0v) is 25.1. The minimum absolute atomic E-state index is 0.00800. The maximum Gasteiger partial charge on any atom is 0.264 e. The molecular formula is C34H36FN3O4S. The number of sulfonamides is 1. The Morgan fingerprint density at radius 1 is 0.814 bits per heavy atom. The van der Waals surface area contributed by atoms with E-state index in [9.17, 15) is 22.4 Å². The van der Waals surface area contributed by atoms with Crippen LogP contribution in [0.15, 0.2) is 114 Å². The van der Waals surface area contributed by atoms with Gasteiger partial charge in [-0.1, -0.05) is 85.3 Å². The van der Waals surface area contributed by atoms with Gasteiger partial charge in [0.05, 0.1) is 10.6 Å². The molecule has 4 rings (SSSR count). The number of carbonyl (C=O) groups excluding carboxylic acids is 2. The first-order valence-electron chi connectivity index (χ1n) is 14.2. The number of amides is 2. The fourth-order valence-electron chi connectivity index (χ4n) is 4.67. The third kappa shape index (κ3) is 8.29. The second-order valence-corrected chi connectivity index (χ2v) is 12.2. The topological polar surface area (TPSA) is 86.8 Å². The van der Waals surface area contributed by atoms with Gasteiger partial charge in [-0.05, 0) is 60.9 Å². The lowest BCUT2D eigenvalue weighted by Gasteiger charge is -2.34. The summed E-state index contributed by atoms with van der Waals surface area (Å²) in [6.45, 7) is 3.70. The van der Waals surface area contributed by atoms with Gasteiger partial charge < -0.3 is 10.2 Å². The number of anilines is 1.